The maximum atomic E-state index is 13.4. The summed E-state index contributed by atoms with van der Waals surface area (Å²) in [5.41, 5.74) is 4.76. The van der Waals surface area contributed by atoms with Gasteiger partial charge in [-0.15, -0.1) is 0 Å². The summed E-state index contributed by atoms with van der Waals surface area (Å²) >= 11 is 6.25. The second-order valence-corrected chi connectivity index (χ2v) is 10.1. The lowest BCUT2D eigenvalue weighted by Crippen LogP contribution is -2.39. The van der Waals surface area contributed by atoms with Crippen molar-refractivity contribution in [3.8, 4) is 11.5 Å². The minimum atomic E-state index is -4.04. The molecule has 182 valence electrons. The van der Waals surface area contributed by atoms with E-state index >= 15 is 0 Å². The number of fused-ring (bicyclic) bond motifs is 1. The molecule has 35 heavy (non-hydrogen) atoms. The van der Waals surface area contributed by atoms with E-state index in [1.165, 1.54) is 18.2 Å². The number of rotatable bonds is 7. The van der Waals surface area contributed by atoms with Crippen molar-refractivity contribution in [2.75, 3.05) is 24.1 Å². The number of nitrogens with zero attached hydrogens (tertiary/aromatic N) is 2. The van der Waals surface area contributed by atoms with Gasteiger partial charge >= 0.3 is 0 Å². The third kappa shape index (κ3) is 5.58. The van der Waals surface area contributed by atoms with Gasteiger partial charge in [0.25, 0.3) is 15.9 Å². The first kappa shape index (κ1) is 24.6. The summed E-state index contributed by atoms with van der Waals surface area (Å²) in [6.45, 7) is 3.99. The predicted molar refractivity (Wildman–Crippen MR) is 135 cm³/mol. The smallest absolute Gasteiger partial charge is 0.264 e. The van der Waals surface area contributed by atoms with Crippen LogP contribution in [0.25, 0.3) is 0 Å². The van der Waals surface area contributed by atoms with Crippen molar-refractivity contribution >= 4 is 38.9 Å². The molecule has 1 aliphatic rings. The summed E-state index contributed by atoms with van der Waals surface area (Å²) in [4.78, 5) is 12.9. The van der Waals surface area contributed by atoms with Gasteiger partial charge in [0.2, 0.25) is 0 Å². The van der Waals surface area contributed by atoms with Crippen LogP contribution in [0, 0.1) is 6.92 Å². The Bertz CT molecular complexity index is 1380. The first-order valence-electron chi connectivity index (χ1n) is 10.8. The van der Waals surface area contributed by atoms with Crippen LogP contribution in [0.5, 0.6) is 11.5 Å². The average molecular weight is 514 g/mol. The number of carbonyl (C=O) groups is 1. The Kier molecular flexibility index (Phi) is 7.28. The average Bonchev–Trinajstić information content (AvgIpc) is 2.87. The van der Waals surface area contributed by atoms with Crippen LogP contribution in [0.15, 0.2) is 76.7 Å². The first-order valence-corrected chi connectivity index (χ1v) is 12.6. The van der Waals surface area contributed by atoms with Crippen LogP contribution in [0.3, 0.4) is 0 Å². The monoisotopic (exact) mass is 513 g/mol. The molecule has 0 bridgehead atoms. The maximum absolute atomic E-state index is 13.4. The Morgan fingerprint density at radius 2 is 1.74 bits per heavy atom. The molecule has 1 N–H and O–H groups in total. The van der Waals surface area contributed by atoms with E-state index in [1.54, 1.807) is 55.5 Å². The largest absolute Gasteiger partial charge is 0.486 e. The zero-order valence-corrected chi connectivity index (χ0v) is 20.8. The Balaban J connectivity index is 1.57. The molecule has 0 saturated heterocycles. The van der Waals surface area contributed by atoms with E-state index < -0.39 is 22.5 Å². The fourth-order valence-electron chi connectivity index (χ4n) is 3.42. The first-order chi connectivity index (χ1) is 16.8. The van der Waals surface area contributed by atoms with Crippen LogP contribution in [0.4, 0.5) is 5.69 Å². The fraction of sp³-hybridized carbons (Fsp3) is 0.200. The Labute approximate surface area is 209 Å². The number of amides is 1. The summed E-state index contributed by atoms with van der Waals surface area (Å²) < 4.78 is 38.9. The summed E-state index contributed by atoms with van der Waals surface area (Å²) in [7, 11) is -4.04. The summed E-state index contributed by atoms with van der Waals surface area (Å²) in [6.07, 6.45) is 0. The number of anilines is 1. The third-order valence-corrected chi connectivity index (χ3v) is 7.57. The summed E-state index contributed by atoms with van der Waals surface area (Å²) in [6, 6.07) is 18.1. The molecule has 10 heteroatoms. The maximum Gasteiger partial charge on any atom is 0.264 e. The number of ether oxygens (including phenoxy) is 2. The van der Waals surface area contributed by atoms with Crippen LogP contribution >= 0.6 is 11.6 Å². The number of nitrogens with one attached hydrogen (secondary N) is 1. The van der Waals surface area contributed by atoms with Crippen molar-refractivity contribution in [1.29, 1.82) is 0 Å². The molecule has 0 radical (unpaired) electrons. The molecule has 1 heterocycles. The van der Waals surface area contributed by atoms with Crippen molar-refractivity contribution in [3.63, 3.8) is 0 Å². The van der Waals surface area contributed by atoms with E-state index in [1.807, 2.05) is 6.92 Å². The highest BCUT2D eigenvalue weighted by atomic mass is 35.5. The highest BCUT2D eigenvalue weighted by Gasteiger charge is 2.27. The van der Waals surface area contributed by atoms with Crippen molar-refractivity contribution in [1.82, 2.24) is 5.43 Å². The van der Waals surface area contributed by atoms with Crippen molar-refractivity contribution < 1.29 is 22.7 Å². The molecule has 3 aromatic carbocycles. The van der Waals surface area contributed by atoms with Crippen molar-refractivity contribution in [3.05, 3.63) is 82.9 Å². The molecule has 0 fully saturated rings. The lowest BCUT2D eigenvalue weighted by atomic mass is 10.1. The molecule has 0 aromatic heterocycles. The number of hydrogen-bond donors (Lipinski definition) is 1. The molecular formula is C25H24ClN3O5S. The van der Waals surface area contributed by atoms with Gasteiger partial charge in [0.15, 0.2) is 11.5 Å². The van der Waals surface area contributed by atoms with Crippen LogP contribution < -0.4 is 19.2 Å². The van der Waals surface area contributed by atoms with Gasteiger partial charge in [-0.2, -0.15) is 5.10 Å². The second-order valence-electron chi connectivity index (χ2n) is 7.85. The number of hydrogen-bond acceptors (Lipinski definition) is 6. The zero-order chi connectivity index (χ0) is 25.0. The number of benzene rings is 3. The molecular weight excluding hydrogens is 490 g/mol. The number of aryl methyl sites for hydroxylation is 1. The van der Waals surface area contributed by atoms with Crippen LogP contribution in [0.1, 0.15) is 18.1 Å². The second kappa shape index (κ2) is 10.4. The van der Waals surface area contributed by atoms with Crippen molar-refractivity contribution in [2.45, 2.75) is 18.7 Å². The lowest BCUT2D eigenvalue weighted by Gasteiger charge is -2.24. The molecule has 0 unspecified atom stereocenters. The normalized spacial score (nSPS) is 13.3. The molecule has 4 rings (SSSR count). The molecule has 1 aliphatic heterocycles. The highest BCUT2D eigenvalue weighted by molar-refractivity contribution is 7.92. The van der Waals surface area contributed by atoms with Gasteiger partial charge in [0, 0.05) is 10.6 Å². The van der Waals surface area contributed by atoms with Gasteiger partial charge in [-0.1, -0.05) is 35.9 Å². The Morgan fingerprint density at radius 1 is 1.03 bits per heavy atom. The van der Waals surface area contributed by atoms with E-state index in [0.717, 1.165) is 15.4 Å². The lowest BCUT2D eigenvalue weighted by molar-refractivity contribution is -0.119. The predicted octanol–water partition coefficient (Wildman–Crippen LogP) is 4.16. The standard InChI is InChI=1S/C25H24ClN3O5S/c1-17-8-10-20(15-22(17)26)29(35(31,32)21-6-4-3-5-7-21)16-25(30)28-27-18(2)19-9-11-23-24(14-19)34-13-12-33-23/h3-11,14-15H,12-13,16H2,1-2H3,(H,28,30)/b27-18-. The number of sulfonamides is 1. The molecule has 8 nitrogen and oxygen atoms in total. The summed E-state index contributed by atoms with van der Waals surface area (Å²) in [5.74, 6) is 0.638. The molecule has 0 saturated carbocycles. The number of carbonyl (C=O) groups excluding carboxylic acids is 1. The zero-order valence-electron chi connectivity index (χ0n) is 19.2. The van der Waals surface area contributed by atoms with Gasteiger partial charge < -0.3 is 9.47 Å². The van der Waals surface area contributed by atoms with Gasteiger partial charge in [-0.3, -0.25) is 9.10 Å². The SMILES string of the molecule is C/C(=N/NC(=O)CN(c1ccc(C)c(Cl)c1)S(=O)(=O)c1ccccc1)c1ccc2c(c1)OCCO2. The molecule has 1 amide bonds. The molecule has 0 spiro atoms. The van der Waals surface area contributed by atoms with Gasteiger partial charge in [0.1, 0.15) is 19.8 Å². The van der Waals surface area contributed by atoms with Crippen LogP contribution in [0.2, 0.25) is 5.02 Å². The van der Waals surface area contributed by atoms with Crippen LogP contribution in [-0.2, 0) is 14.8 Å². The topological polar surface area (TPSA) is 97.3 Å². The molecule has 0 atom stereocenters. The third-order valence-electron chi connectivity index (χ3n) is 5.37. The van der Waals surface area contributed by atoms with Crippen molar-refractivity contribution in [2.24, 2.45) is 5.10 Å². The van der Waals surface area contributed by atoms with Gasteiger partial charge in [0.05, 0.1) is 16.3 Å². The van der Waals surface area contributed by atoms with E-state index in [0.29, 0.717) is 35.4 Å². The minimum absolute atomic E-state index is 0.0560. The number of hydrazone groups is 1. The molecule has 3 aromatic rings. The Hall–Kier alpha value is -3.56. The van der Waals surface area contributed by atoms with Crippen LogP contribution in [-0.4, -0.2) is 39.8 Å². The van der Waals surface area contributed by atoms with E-state index in [4.69, 9.17) is 21.1 Å². The quantitative estimate of drug-likeness (QED) is 0.378. The fourth-order valence-corrected chi connectivity index (χ4v) is 5.03. The molecule has 0 aliphatic carbocycles. The summed E-state index contributed by atoms with van der Waals surface area (Å²) in [5, 5.41) is 4.54. The highest BCUT2D eigenvalue weighted by Crippen LogP contribution is 2.31. The minimum Gasteiger partial charge on any atom is -0.486 e. The van der Waals surface area contributed by atoms with Gasteiger partial charge in [-0.05, 0) is 61.9 Å². The van der Waals surface area contributed by atoms with Gasteiger partial charge in [-0.25, -0.2) is 13.8 Å². The van der Waals surface area contributed by atoms with E-state index in [2.05, 4.69) is 10.5 Å². The number of halogens is 1. The van der Waals surface area contributed by atoms with E-state index in [9.17, 15) is 13.2 Å². The van der Waals surface area contributed by atoms with E-state index in [-0.39, 0.29) is 10.6 Å². The Morgan fingerprint density at radius 3 is 2.46 bits per heavy atom.